The number of carbonyl (C=O) groups is 4. The van der Waals surface area contributed by atoms with E-state index in [1.54, 1.807) is 18.7 Å². The fourth-order valence-electron chi connectivity index (χ4n) is 4.62. The Bertz CT molecular complexity index is 889. The van der Waals surface area contributed by atoms with E-state index in [1.165, 1.54) is 0 Å². The normalized spacial score (nSPS) is 20.0. The van der Waals surface area contributed by atoms with Gasteiger partial charge < -0.3 is 15.0 Å². The zero-order chi connectivity index (χ0) is 26.8. The van der Waals surface area contributed by atoms with Gasteiger partial charge in [0.25, 0.3) is 0 Å². The highest BCUT2D eigenvalue weighted by molar-refractivity contribution is 5.94. The van der Waals surface area contributed by atoms with Gasteiger partial charge in [0.2, 0.25) is 12.3 Å². The summed E-state index contributed by atoms with van der Waals surface area (Å²) in [5, 5.41) is 2.40. The van der Waals surface area contributed by atoms with Crippen LogP contribution < -0.4 is 5.32 Å². The molecule has 0 bridgehead atoms. The average Bonchev–Trinajstić information content (AvgIpc) is 3.27. The molecule has 0 aromatic heterocycles. The van der Waals surface area contributed by atoms with Crippen molar-refractivity contribution in [1.29, 1.82) is 0 Å². The summed E-state index contributed by atoms with van der Waals surface area (Å²) in [5.74, 6) is -1.44. The third kappa shape index (κ3) is 8.27. The van der Waals surface area contributed by atoms with Crippen LogP contribution in [0.3, 0.4) is 0 Å². The van der Waals surface area contributed by atoms with Crippen LogP contribution in [0.15, 0.2) is 30.3 Å². The number of likely N-dealkylation sites (tertiary alicyclic amines) is 1. The number of rotatable bonds is 14. The monoisotopic (exact) mass is 488 g/mol. The highest BCUT2D eigenvalue weighted by Gasteiger charge is 2.43. The van der Waals surface area contributed by atoms with Crippen molar-refractivity contribution >= 4 is 23.9 Å². The highest BCUT2D eigenvalue weighted by Crippen LogP contribution is 2.29. The smallest absolute Gasteiger partial charge is 0.227 e. The molecular formula is C28H42N2O5. The maximum Gasteiger partial charge on any atom is 0.227 e. The third-order valence-corrected chi connectivity index (χ3v) is 6.79. The molecule has 7 heteroatoms. The summed E-state index contributed by atoms with van der Waals surface area (Å²) < 4.78 is 13.3. The standard InChI is InChI=1S/C28H42N2O5/c1-6-7-13-25(32)24-14-22(35-17-21-11-9-8-10-12-21)16-30(24)28(34)23(19(2)3)15-26(33)27(20(4)5)29-18-31/h8-12,18-20,22-24,27H,6-7,13-17H2,1-5H3,(H,29,31)/i18T. The van der Waals surface area contributed by atoms with Gasteiger partial charge in [0.1, 0.15) is 1.37 Å². The molecule has 1 heterocycles. The number of hydrogen-bond donors (Lipinski definition) is 1. The van der Waals surface area contributed by atoms with Crippen molar-refractivity contribution in [1.82, 2.24) is 10.2 Å². The third-order valence-electron chi connectivity index (χ3n) is 6.79. The Morgan fingerprint density at radius 3 is 2.43 bits per heavy atom. The van der Waals surface area contributed by atoms with Crippen LogP contribution in [0.1, 0.15) is 73.7 Å². The summed E-state index contributed by atoms with van der Waals surface area (Å²) in [6.07, 6.45) is 1.18. The number of ketones is 2. The van der Waals surface area contributed by atoms with E-state index in [1.807, 2.05) is 51.1 Å². The van der Waals surface area contributed by atoms with Crippen molar-refractivity contribution in [3.05, 3.63) is 35.9 Å². The van der Waals surface area contributed by atoms with Crippen LogP contribution in [-0.4, -0.2) is 53.5 Å². The van der Waals surface area contributed by atoms with Gasteiger partial charge >= 0.3 is 0 Å². The Labute approximate surface area is 211 Å². The van der Waals surface area contributed by atoms with Gasteiger partial charge in [-0.2, -0.15) is 0 Å². The van der Waals surface area contributed by atoms with E-state index >= 15 is 0 Å². The Morgan fingerprint density at radius 1 is 1.17 bits per heavy atom. The van der Waals surface area contributed by atoms with Crippen LogP contribution in [0, 0.1) is 17.8 Å². The van der Waals surface area contributed by atoms with Crippen LogP contribution >= 0.6 is 0 Å². The second kappa shape index (κ2) is 14.1. The minimum atomic E-state index is -1.02. The van der Waals surface area contributed by atoms with Crippen molar-refractivity contribution in [2.45, 2.75) is 91.5 Å². The van der Waals surface area contributed by atoms with E-state index in [-0.39, 0.29) is 41.8 Å². The number of amides is 2. The second-order valence-electron chi connectivity index (χ2n) is 10.2. The summed E-state index contributed by atoms with van der Waals surface area (Å²) in [6, 6.07) is 8.39. The molecule has 1 saturated heterocycles. The molecule has 1 aliphatic rings. The lowest BCUT2D eigenvalue weighted by atomic mass is 9.85. The van der Waals surface area contributed by atoms with E-state index < -0.39 is 24.4 Å². The molecule has 0 spiro atoms. The number of carbonyl (C=O) groups excluding carboxylic acids is 4. The molecule has 7 nitrogen and oxygen atoms in total. The largest absolute Gasteiger partial charge is 0.372 e. The predicted molar refractivity (Wildman–Crippen MR) is 135 cm³/mol. The highest BCUT2D eigenvalue weighted by atomic mass is 16.5. The van der Waals surface area contributed by atoms with Gasteiger partial charge in [-0.25, -0.2) is 0 Å². The Morgan fingerprint density at radius 2 is 1.86 bits per heavy atom. The fourth-order valence-corrected chi connectivity index (χ4v) is 4.62. The molecule has 1 aromatic rings. The second-order valence-corrected chi connectivity index (χ2v) is 10.2. The Balaban J connectivity index is 2.20. The van der Waals surface area contributed by atoms with Gasteiger partial charge in [-0.15, -0.1) is 0 Å². The molecule has 35 heavy (non-hydrogen) atoms. The van der Waals surface area contributed by atoms with E-state index in [9.17, 15) is 19.2 Å². The molecule has 2 amide bonds. The number of ether oxygens (including phenoxy) is 1. The first-order valence-electron chi connectivity index (χ1n) is 13.3. The van der Waals surface area contributed by atoms with Crippen molar-refractivity contribution < 1.29 is 25.3 Å². The first-order chi connectivity index (χ1) is 17.0. The number of unbranched alkanes of at least 4 members (excludes halogenated alkanes) is 1. The zero-order valence-corrected chi connectivity index (χ0v) is 21.8. The number of nitrogens with zero attached hydrogens (tertiary/aromatic N) is 1. The molecule has 2 rings (SSSR count). The van der Waals surface area contributed by atoms with Gasteiger partial charge in [0.15, 0.2) is 11.6 Å². The van der Waals surface area contributed by atoms with Crippen molar-refractivity contribution in [2.24, 2.45) is 17.8 Å². The van der Waals surface area contributed by atoms with Crippen LogP contribution in [-0.2, 0) is 30.5 Å². The molecule has 1 aromatic carbocycles. The lowest BCUT2D eigenvalue weighted by Gasteiger charge is -2.31. The quantitative estimate of drug-likeness (QED) is 0.401. The summed E-state index contributed by atoms with van der Waals surface area (Å²) in [6.45, 7) is 10.1. The lowest BCUT2D eigenvalue weighted by molar-refractivity contribution is -0.144. The van der Waals surface area contributed by atoms with E-state index in [4.69, 9.17) is 6.11 Å². The molecule has 0 aliphatic carbocycles. The van der Waals surface area contributed by atoms with Crippen molar-refractivity contribution in [2.75, 3.05) is 6.54 Å². The molecule has 1 N–H and O–H groups in total. The van der Waals surface area contributed by atoms with Crippen molar-refractivity contribution in [3.8, 4) is 0 Å². The number of hydrogen-bond acceptors (Lipinski definition) is 5. The predicted octanol–water partition coefficient (Wildman–Crippen LogP) is 3.93. The molecule has 0 radical (unpaired) electrons. The molecule has 194 valence electrons. The molecule has 4 atom stereocenters. The summed E-state index contributed by atoms with van der Waals surface area (Å²) in [4.78, 5) is 52.9. The van der Waals surface area contributed by atoms with Gasteiger partial charge in [-0.3, -0.25) is 19.2 Å². The van der Waals surface area contributed by atoms with Crippen LogP contribution in [0.25, 0.3) is 0 Å². The van der Waals surface area contributed by atoms with Crippen molar-refractivity contribution in [3.63, 3.8) is 0 Å². The van der Waals surface area contributed by atoms with Crippen LogP contribution in [0.4, 0.5) is 0 Å². The van der Waals surface area contributed by atoms with Gasteiger partial charge in [-0.05, 0) is 23.8 Å². The van der Waals surface area contributed by atoms with Crippen LogP contribution in [0.5, 0.6) is 0 Å². The number of Topliss-reactive ketones (excluding diaryl/α,β-unsaturated/α-hetero) is 2. The average molecular weight is 489 g/mol. The number of benzene rings is 1. The Hall–Kier alpha value is -2.54. The topological polar surface area (TPSA) is 92.8 Å². The molecular weight excluding hydrogens is 444 g/mol. The summed E-state index contributed by atoms with van der Waals surface area (Å²) >= 11 is 0. The minimum absolute atomic E-state index is 0.0337. The summed E-state index contributed by atoms with van der Waals surface area (Å²) in [7, 11) is 0. The first-order valence-corrected chi connectivity index (χ1v) is 12.8. The molecule has 1 fully saturated rings. The number of nitrogens with one attached hydrogen (secondary N) is 1. The Kier molecular flexibility index (Phi) is 10.9. The van der Waals surface area contributed by atoms with E-state index in [2.05, 4.69) is 5.32 Å². The SMILES string of the molecule is [3H]C(=O)NC(C(=O)CC(C(=O)N1CC(OCc2ccccc2)CC1C(=O)CCCC)C(C)C)C(C)C. The zero-order valence-electron chi connectivity index (χ0n) is 22.8. The van der Waals surface area contributed by atoms with Gasteiger partial charge in [0, 0.05) is 31.7 Å². The van der Waals surface area contributed by atoms with Crippen LogP contribution in [0.2, 0.25) is 0 Å². The summed E-state index contributed by atoms with van der Waals surface area (Å²) in [5.41, 5.74) is 1.03. The van der Waals surface area contributed by atoms with E-state index in [0.717, 1.165) is 18.4 Å². The minimum Gasteiger partial charge on any atom is -0.372 e. The van der Waals surface area contributed by atoms with E-state index in [0.29, 0.717) is 26.0 Å². The van der Waals surface area contributed by atoms with Gasteiger partial charge in [0.05, 0.1) is 24.8 Å². The molecule has 4 unspecified atom stereocenters. The fraction of sp³-hybridized carbons (Fsp3) is 0.643. The maximum absolute atomic E-state index is 13.8. The van der Waals surface area contributed by atoms with Gasteiger partial charge in [-0.1, -0.05) is 71.4 Å². The first kappa shape index (κ1) is 27.1. The lowest BCUT2D eigenvalue weighted by Crippen LogP contribution is -2.47. The molecule has 0 saturated carbocycles. The molecule has 1 aliphatic heterocycles. The maximum atomic E-state index is 13.8.